The molecular weight excluding hydrogens is 895 g/mol. The van der Waals surface area contributed by atoms with Gasteiger partial charge in [-0.2, -0.15) is 0 Å². The Morgan fingerprint density at radius 1 is 0.581 bits per heavy atom. The highest BCUT2D eigenvalue weighted by molar-refractivity contribution is 5.55. The van der Waals surface area contributed by atoms with Crippen LogP contribution in [0.5, 0.6) is 0 Å². The van der Waals surface area contributed by atoms with Crippen LogP contribution in [0.25, 0.3) is 0 Å². The van der Waals surface area contributed by atoms with Gasteiger partial charge < -0.3 is 10.6 Å². The second-order valence-corrected chi connectivity index (χ2v) is 25.7. The summed E-state index contributed by atoms with van der Waals surface area (Å²) in [5.41, 5.74) is 16.7. The Hall–Kier alpha value is -4.70. The van der Waals surface area contributed by atoms with Crippen LogP contribution in [0.15, 0.2) is 201 Å². The van der Waals surface area contributed by atoms with Gasteiger partial charge in [-0.05, 0) is 201 Å². The van der Waals surface area contributed by atoms with E-state index in [1.807, 2.05) is 0 Å². The molecule has 3 nitrogen and oxygen atoms in total. The van der Waals surface area contributed by atoms with E-state index < -0.39 is 0 Å². The van der Waals surface area contributed by atoms with Crippen LogP contribution in [0.4, 0.5) is 0 Å². The molecule has 0 spiro atoms. The Morgan fingerprint density at radius 3 is 2.30 bits per heavy atom. The smallest absolute Gasteiger partial charge is 0.0414 e. The highest BCUT2D eigenvalue weighted by Gasteiger charge is 2.54. The average Bonchev–Trinajstić information content (AvgIpc) is 3.51. The molecular formula is C71H87N3. The molecule has 1 aliphatic heterocycles. The first kappa shape index (κ1) is 48.9. The summed E-state index contributed by atoms with van der Waals surface area (Å²) < 4.78 is 0. The maximum atomic E-state index is 4.21. The first-order chi connectivity index (χ1) is 36.4. The van der Waals surface area contributed by atoms with Crippen molar-refractivity contribution in [2.24, 2.45) is 46.8 Å². The normalized spacial score (nSPS) is 36.6. The number of nitrogens with one attached hydrogen (secondary N) is 2. The van der Waals surface area contributed by atoms with Gasteiger partial charge in [-0.25, -0.2) is 0 Å². The van der Waals surface area contributed by atoms with Crippen LogP contribution in [0.1, 0.15) is 155 Å². The maximum absolute atomic E-state index is 4.21. The van der Waals surface area contributed by atoms with Gasteiger partial charge in [-0.1, -0.05) is 173 Å². The first-order valence-corrected chi connectivity index (χ1v) is 30.5. The quantitative estimate of drug-likeness (QED) is 0.214. The lowest BCUT2D eigenvalue weighted by atomic mass is 9.56. The predicted molar refractivity (Wildman–Crippen MR) is 311 cm³/mol. The summed E-state index contributed by atoms with van der Waals surface area (Å²) in [7, 11) is 0. The Balaban J connectivity index is 0.826. The van der Waals surface area contributed by atoms with E-state index in [4.69, 9.17) is 0 Å². The van der Waals surface area contributed by atoms with Crippen LogP contribution < -0.4 is 10.6 Å². The molecule has 1 saturated carbocycles. The van der Waals surface area contributed by atoms with Crippen LogP contribution in [-0.2, 0) is 0 Å². The molecule has 0 bridgehead atoms. The number of hydrogen-bond donors (Lipinski definition) is 2. The molecule has 13 rings (SSSR count). The lowest BCUT2D eigenvalue weighted by molar-refractivity contribution is -0.0499. The third kappa shape index (κ3) is 9.85. The summed E-state index contributed by atoms with van der Waals surface area (Å²) in [6, 6.07) is 2.28. The van der Waals surface area contributed by atoms with Crippen LogP contribution in [0.3, 0.4) is 0 Å². The predicted octanol–water partition coefficient (Wildman–Crippen LogP) is 16.9. The molecule has 1 saturated heterocycles. The summed E-state index contributed by atoms with van der Waals surface area (Å²) in [4.78, 5) is 3.09. The van der Waals surface area contributed by atoms with Crippen molar-refractivity contribution in [1.29, 1.82) is 0 Å². The van der Waals surface area contributed by atoms with Crippen molar-refractivity contribution in [3.8, 4) is 0 Å². The summed E-state index contributed by atoms with van der Waals surface area (Å²) in [5.74, 6) is 3.87. The second kappa shape index (κ2) is 21.4. The van der Waals surface area contributed by atoms with Crippen molar-refractivity contribution < 1.29 is 0 Å². The van der Waals surface area contributed by atoms with Gasteiger partial charge in [0.15, 0.2) is 0 Å². The number of likely N-dealkylation sites (tertiary alicyclic amines) is 1. The van der Waals surface area contributed by atoms with Gasteiger partial charge in [0.25, 0.3) is 0 Å². The summed E-state index contributed by atoms with van der Waals surface area (Å²) in [6.45, 7) is 5.31. The molecule has 11 unspecified atom stereocenters. The molecule has 386 valence electrons. The molecule has 0 aromatic carbocycles. The van der Waals surface area contributed by atoms with Gasteiger partial charge in [0.05, 0.1) is 0 Å². The minimum absolute atomic E-state index is 0.0559. The molecule has 2 N–H and O–H groups in total. The number of fused-ring (bicyclic) bond motifs is 4. The van der Waals surface area contributed by atoms with Crippen molar-refractivity contribution in [3.63, 3.8) is 0 Å². The number of rotatable bonds is 10. The van der Waals surface area contributed by atoms with Gasteiger partial charge in [-0.3, -0.25) is 4.90 Å². The van der Waals surface area contributed by atoms with Gasteiger partial charge >= 0.3 is 0 Å². The minimum Gasteiger partial charge on any atom is -0.359 e. The monoisotopic (exact) mass is 982 g/mol. The fraction of sp³-hybridized carbons (Fsp3) is 0.521. The van der Waals surface area contributed by atoms with Crippen molar-refractivity contribution in [2.45, 2.75) is 185 Å². The third-order valence-corrected chi connectivity index (χ3v) is 20.9. The van der Waals surface area contributed by atoms with Crippen molar-refractivity contribution >= 4 is 0 Å². The molecule has 0 aromatic rings. The summed E-state index contributed by atoms with van der Waals surface area (Å²) in [5, 5.41) is 8.19. The van der Waals surface area contributed by atoms with Crippen LogP contribution >= 0.6 is 0 Å². The molecule has 13 aliphatic rings. The van der Waals surface area contributed by atoms with E-state index in [2.05, 4.69) is 169 Å². The molecule has 11 atom stereocenters. The maximum Gasteiger partial charge on any atom is 0.0414 e. The van der Waals surface area contributed by atoms with Gasteiger partial charge in [0.2, 0.25) is 0 Å². The molecule has 0 radical (unpaired) electrons. The minimum atomic E-state index is 0.0559. The van der Waals surface area contributed by atoms with Crippen molar-refractivity contribution in [2.75, 3.05) is 0 Å². The zero-order valence-corrected chi connectivity index (χ0v) is 45.2. The van der Waals surface area contributed by atoms with Crippen LogP contribution in [-0.4, -0.2) is 35.1 Å². The molecule has 1 heterocycles. The number of hydrogen-bond acceptors (Lipinski definition) is 3. The van der Waals surface area contributed by atoms with Gasteiger partial charge in [0.1, 0.15) is 0 Å². The topological polar surface area (TPSA) is 27.3 Å². The molecule has 0 aromatic heterocycles. The third-order valence-electron chi connectivity index (χ3n) is 20.9. The zero-order chi connectivity index (χ0) is 49.6. The Kier molecular flexibility index (Phi) is 14.1. The highest BCUT2D eigenvalue weighted by Crippen LogP contribution is 2.55. The second-order valence-electron chi connectivity index (χ2n) is 25.7. The summed E-state index contributed by atoms with van der Waals surface area (Å²) in [6.07, 6.45) is 86.2. The number of nitrogens with zero attached hydrogens (tertiary/aromatic N) is 1. The van der Waals surface area contributed by atoms with E-state index in [-0.39, 0.29) is 5.41 Å². The highest BCUT2D eigenvalue weighted by atomic mass is 15.2. The van der Waals surface area contributed by atoms with Gasteiger partial charge in [-0.15, -0.1) is 0 Å². The fourth-order valence-corrected chi connectivity index (χ4v) is 16.7. The van der Waals surface area contributed by atoms with E-state index in [0.717, 1.165) is 31.6 Å². The number of allylic oxidation sites excluding steroid dienone is 24. The molecule has 0 amide bonds. The molecule has 74 heavy (non-hydrogen) atoms. The molecule has 2 fully saturated rings. The Bertz CT molecular complexity index is 2740. The fourth-order valence-electron chi connectivity index (χ4n) is 16.7. The summed E-state index contributed by atoms with van der Waals surface area (Å²) >= 11 is 0. The Labute approximate surface area is 446 Å². The van der Waals surface area contributed by atoms with E-state index in [1.165, 1.54) is 155 Å². The van der Waals surface area contributed by atoms with Gasteiger partial charge in [0, 0.05) is 59.4 Å². The standard InChI is InChI=1S/C71H87N3/c1-71(2)65-46-58(56-32-37-67(72-60-23-11-5-12-24-60)63(44-56)49-18-7-3-8-19-49)34-39-69(65)74(62-36-31-54-42-53(29-30-55(54)43-62)52-28-27-48-17-15-16-22-51(48)41-52)70-40-35-59(47-66(70)71)57-33-38-68(73-61-25-13-6-14-26-61)64(45-57)50-20-9-4-10-21-50/h3,6-7,13,15,17-18,23,27-28,31,33-35,37-40,42,44-47,50-51,55-56,61-62,64-66,68-70,72-73H,4-5,8-12,14,16,19-22,24-26,29-30,32,36,41,43H2,1-2H3. The Morgan fingerprint density at radius 2 is 1.45 bits per heavy atom. The largest absolute Gasteiger partial charge is 0.359 e. The van der Waals surface area contributed by atoms with E-state index >= 15 is 0 Å². The van der Waals surface area contributed by atoms with E-state index in [9.17, 15) is 0 Å². The van der Waals surface area contributed by atoms with E-state index in [0.29, 0.717) is 65.7 Å². The van der Waals surface area contributed by atoms with Crippen LogP contribution in [0, 0.1) is 46.8 Å². The lowest BCUT2D eigenvalue weighted by Crippen LogP contribution is -2.64. The average molecular weight is 982 g/mol. The zero-order valence-electron chi connectivity index (χ0n) is 45.2. The molecule has 12 aliphatic carbocycles. The van der Waals surface area contributed by atoms with E-state index in [1.54, 1.807) is 22.3 Å². The van der Waals surface area contributed by atoms with Crippen molar-refractivity contribution in [3.05, 3.63) is 201 Å². The van der Waals surface area contributed by atoms with Crippen LogP contribution in [0.2, 0.25) is 0 Å². The first-order valence-electron chi connectivity index (χ1n) is 30.5. The number of piperidine rings is 1. The SMILES string of the molecule is CC1(C)C2C=C(C3=CC(C4CCCCC4)C(NC4CC=CCC4)C=C3)C=CC2N(C2CC=C3C=C(C4=CC=C5C=CCCC5C4)CCC3C2)C2C=CC(C3C=C(C4=CC=CCC4)C(NC4=CCCCC4)=CC3)=CC21. The lowest BCUT2D eigenvalue weighted by Gasteiger charge is -2.60. The van der Waals surface area contributed by atoms with Crippen molar-refractivity contribution in [1.82, 2.24) is 15.5 Å². The molecule has 3 heteroatoms.